The molecule has 0 aliphatic carbocycles. The normalized spacial score (nSPS) is 14.0. The summed E-state index contributed by atoms with van der Waals surface area (Å²) in [5.74, 6) is 0. The van der Waals surface area contributed by atoms with Gasteiger partial charge in [-0.25, -0.2) is 0 Å². The van der Waals surface area contributed by atoms with E-state index in [1.54, 1.807) is 0 Å². The van der Waals surface area contributed by atoms with Crippen molar-refractivity contribution in [2.24, 2.45) is 0 Å². The van der Waals surface area contributed by atoms with Crippen LogP contribution in [0, 0.1) is 0 Å². The molecule has 310 valence electrons. The molecule has 2 aliphatic heterocycles. The molecule has 0 saturated carbocycles. The summed E-state index contributed by atoms with van der Waals surface area (Å²) in [6.07, 6.45) is 0. The average Bonchev–Trinajstić information content (AvgIpc) is 3.61. The van der Waals surface area contributed by atoms with Crippen molar-refractivity contribution in [3.8, 4) is 11.1 Å². The quantitative estimate of drug-likeness (QED) is 0.164. The molecule has 0 radical (unpaired) electrons. The summed E-state index contributed by atoms with van der Waals surface area (Å²) in [4.78, 5) is 5.15. The van der Waals surface area contributed by atoms with Crippen LogP contribution in [-0.4, -0.2) is 6.71 Å². The van der Waals surface area contributed by atoms with Gasteiger partial charge >= 0.3 is 0 Å². The van der Waals surface area contributed by atoms with Crippen molar-refractivity contribution in [1.82, 2.24) is 0 Å². The van der Waals surface area contributed by atoms with E-state index in [0.717, 1.165) is 0 Å². The maximum Gasteiger partial charge on any atom is 0.252 e. The third-order valence-corrected chi connectivity index (χ3v) is 14.6. The predicted molar refractivity (Wildman–Crippen MR) is 274 cm³/mol. The van der Waals surface area contributed by atoms with E-state index in [0.29, 0.717) is 0 Å². The Kier molecular flexibility index (Phi) is 9.12. The molecule has 0 bridgehead atoms. The second kappa shape index (κ2) is 14.0. The SMILES string of the molecule is CC(C)(C)c1ccc(N2c3ccc(C(C)(C)C)cc3B3c4cc(C(C)(C)C)ccc4N(c4ccc(-c5cccc6sc7ccccc7c56)cc4)c4cc(C(C)(C)C)cc2c43)cc1. The number of benzene rings is 7. The van der Waals surface area contributed by atoms with E-state index in [1.807, 2.05) is 11.3 Å². The van der Waals surface area contributed by atoms with Crippen LogP contribution in [-0.2, 0) is 21.7 Å². The van der Waals surface area contributed by atoms with E-state index >= 15 is 0 Å². The summed E-state index contributed by atoms with van der Waals surface area (Å²) in [6, 6.07) is 54.1. The van der Waals surface area contributed by atoms with Gasteiger partial charge in [0.2, 0.25) is 0 Å². The van der Waals surface area contributed by atoms with Gasteiger partial charge in [0.1, 0.15) is 0 Å². The van der Waals surface area contributed by atoms with Crippen LogP contribution in [0.5, 0.6) is 0 Å². The first kappa shape index (κ1) is 40.5. The van der Waals surface area contributed by atoms with Crippen molar-refractivity contribution in [2.45, 2.75) is 105 Å². The smallest absolute Gasteiger partial charge is 0.252 e. The third-order valence-electron chi connectivity index (χ3n) is 13.5. The molecule has 0 saturated heterocycles. The molecular formula is C58H59BN2S. The van der Waals surface area contributed by atoms with E-state index in [1.165, 1.54) is 104 Å². The zero-order valence-corrected chi connectivity index (χ0v) is 39.5. The second-order valence-corrected chi connectivity index (χ2v) is 23.0. The van der Waals surface area contributed by atoms with Gasteiger partial charge in [-0.3, -0.25) is 0 Å². The van der Waals surface area contributed by atoms with E-state index in [9.17, 15) is 0 Å². The molecule has 8 aromatic rings. The summed E-state index contributed by atoms with van der Waals surface area (Å²) >= 11 is 1.88. The Morgan fingerprint density at radius 1 is 0.403 bits per heavy atom. The first-order valence-electron chi connectivity index (χ1n) is 22.5. The maximum atomic E-state index is 2.58. The standard InChI is InChI=1S/C58H59BN2S/c1-55(2,3)37-22-28-42(29-23-37)61-48-31-25-39(57(7,8)9)33-46(48)59-45-32-38(56(4,5)6)24-30-47(45)60(49-34-40(58(10,11)12)35-50(61)54(49)59)41-26-20-36(21-27-41)43-17-15-19-52-53(43)44-16-13-14-18-51(44)62-52/h13-35H,1-12H3. The van der Waals surface area contributed by atoms with Crippen LogP contribution in [0.1, 0.15) is 105 Å². The van der Waals surface area contributed by atoms with Crippen LogP contribution in [0.25, 0.3) is 31.3 Å². The number of rotatable bonds is 3. The van der Waals surface area contributed by atoms with Gasteiger partial charge in [0.15, 0.2) is 0 Å². The van der Waals surface area contributed by atoms with Crippen molar-refractivity contribution in [2.75, 3.05) is 9.80 Å². The number of thiophene rings is 1. The molecule has 62 heavy (non-hydrogen) atoms. The molecule has 4 heteroatoms. The lowest BCUT2D eigenvalue weighted by Crippen LogP contribution is -2.61. The Balaban J connectivity index is 1.25. The Bertz CT molecular complexity index is 3050. The minimum Gasteiger partial charge on any atom is -0.311 e. The highest BCUT2D eigenvalue weighted by Gasteiger charge is 2.45. The van der Waals surface area contributed by atoms with E-state index < -0.39 is 0 Å². The van der Waals surface area contributed by atoms with Crippen LogP contribution < -0.4 is 26.2 Å². The van der Waals surface area contributed by atoms with Gasteiger partial charge in [0.25, 0.3) is 6.71 Å². The Labute approximate surface area is 374 Å². The molecule has 3 heterocycles. The summed E-state index contributed by atoms with van der Waals surface area (Å²) in [5.41, 5.74) is 19.3. The molecule has 0 fully saturated rings. The lowest BCUT2D eigenvalue weighted by atomic mass is 9.33. The lowest BCUT2D eigenvalue weighted by molar-refractivity contribution is 0.589. The van der Waals surface area contributed by atoms with Gasteiger partial charge in [-0.1, -0.05) is 162 Å². The van der Waals surface area contributed by atoms with E-state index in [2.05, 4.69) is 232 Å². The van der Waals surface area contributed by atoms with Gasteiger partial charge < -0.3 is 9.80 Å². The van der Waals surface area contributed by atoms with Crippen molar-refractivity contribution in [3.05, 3.63) is 162 Å². The average molecular weight is 827 g/mol. The monoisotopic (exact) mass is 826 g/mol. The molecule has 0 amide bonds. The van der Waals surface area contributed by atoms with Gasteiger partial charge in [-0.2, -0.15) is 0 Å². The number of fused-ring (bicyclic) bond motifs is 7. The zero-order chi connectivity index (χ0) is 43.7. The molecule has 0 atom stereocenters. The van der Waals surface area contributed by atoms with Crippen LogP contribution in [0.4, 0.5) is 34.1 Å². The highest BCUT2D eigenvalue weighted by molar-refractivity contribution is 7.26. The molecule has 10 rings (SSSR count). The minimum atomic E-state index is -0.0902. The molecule has 2 aliphatic rings. The summed E-state index contributed by atoms with van der Waals surface area (Å²) in [5, 5.41) is 2.67. The Hall–Kier alpha value is -5.58. The number of nitrogens with zero attached hydrogens (tertiary/aromatic N) is 2. The summed E-state index contributed by atoms with van der Waals surface area (Å²) < 4.78 is 2.66. The Morgan fingerprint density at radius 2 is 0.871 bits per heavy atom. The number of hydrogen-bond donors (Lipinski definition) is 0. The molecule has 7 aromatic carbocycles. The van der Waals surface area contributed by atoms with Gasteiger partial charge in [0, 0.05) is 54.3 Å². The molecule has 0 spiro atoms. The predicted octanol–water partition coefficient (Wildman–Crippen LogP) is 15.0. The summed E-state index contributed by atoms with van der Waals surface area (Å²) in [6.45, 7) is 28.1. The second-order valence-electron chi connectivity index (χ2n) is 21.9. The maximum absolute atomic E-state index is 2.58. The van der Waals surface area contributed by atoms with Crippen molar-refractivity contribution < 1.29 is 0 Å². The number of hydrogen-bond acceptors (Lipinski definition) is 3. The fourth-order valence-corrected chi connectivity index (χ4v) is 11.0. The highest BCUT2D eigenvalue weighted by atomic mass is 32.1. The van der Waals surface area contributed by atoms with Crippen molar-refractivity contribution >= 4 is 88.7 Å². The molecule has 2 nitrogen and oxygen atoms in total. The third kappa shape index (κ3) is 6.60. The Morgan fingerprint density at radius 3 is 1.39 bits per heavy atom. The minimum absolute atomic E-state index is 0.00834. The first-order valence-corrected chi connectivity index (χ1v) is 23.3. The largest absolute Gasteiger partial charge is 0.311 e. The van der Waals surface area contributed by atoms with Crippen LogP contribution in [0.3, 0.4) is 0 Å². The van der Waals surface area contributed by atoms with Crippen LogP contribution >= 0.6 is 11.3 Å². The van der Waals surface area contributed by atoms with E-state index in [-0.39, 0.29) is 28.4 Å². The van der Waals surface area contributed by atoms with Gasteiger partial charge in [-0.05, 0) is 132 Å². The summed E-state index contributed by atoms with van der Waals surface area (Å²) in [7, 11) is 0. The van der Waals surface area contributed by atoms with Gasteiger partial charge in [0.05, 0.1) is 0 Å². The van der Waals surface area contributed by atoms with Crippen molar-refractivity contribution in [3.63, 3.8) is 0 Å². The first-order chi connectivity index (χ1) is 29.3. The topological polar surface area (TPSA) is 6.48 Å². The number of anilines is 6. The fourth-order valence-electron chi connectivity index (χ4n) is 9.84. The lowest BCUT2D eigenvalue weighted by Gasteiger charge is -2.45. The molecular weight excluding hydrogens is 768 g/mol. The molecule has 0 N–H and O–H groups in total. The van der Waals surface area contributed by atoms with E-state index in [4.69, 9.17) is 0 Å². The van der Waals surface area contributed by atoms with Gasteiger partial charge in [-0.15, -0.1) is 11.3 Å². The fraction of sp³-hybridized carbons (Fsp3) is 0.276. The zero-order valence-electron chi connectivity index (χ0n) is 38.7. The van der Waals surface area contributed by atoms with Crippen LogP contribution in [0.15, 0.2) is 140 Å². The van der Waals surface area contributed by atoms with Crippen LogP contribution in [0.2, 0.25) is 0 Å². The highest BCUT2D eigenvalue weighted by Crippen LogP contribution is 2.48. The van der Waals surface area contributed by atoms with Crippen molar-refractivity contribution in [1.29, 1.82) is 0 Å². The molecule has 1 aromatic heterocycles. The molecule has 0 unspecified atom stereocenters.